The second kappa shape index (κ2) is 4.59. The van der Waals surface area contributed by atoms with Crippen LogP contribution >= 0.6 is 11.6 Å². The maximum Gasteiger partial charge on any atom is 0.324 e. The van der Waals surface area contributed by atoms with E-state index in [-0.39, 0.29) is 12.2 Å². The molecule has 18 heavy (non-hydrogen) atoms. The summed E-state index contributed by atoms with van der Waals surface area (Å²) in [5.41, 5.74) is 2.36. The number of halogens is 1. The van der Waals surface area contributed by atoms with Crippen molar-refractivity contribution in [3.8, 4) is 11.6 Å². The molecule has 0 spiro atoms. The fourth-order valence-corrected chi connectivity index (χ4v) is 2.09. The SMILES string of the molecule is CB1OCc2ccc(Oc3ccnc(Cl)n3)cc21. The number of hydrogen-bond donors (Lipinski definition) is 0. The molecule has 0 N–H and O–H groups in total. The van der Waals surface area contributed by atoms with Crippen LogP contribution in [-0.4, -0.2) is 16.9 Å². The molecule has 0 saturated carbocycles. The van der Waals surface area contributed by atoms with Gasteiger partial charge in [0, 0.05) is 12.3 Å². The lowest BCUT2D eigenvalue weighted by atomic mass is 9.64. The van der Waals surface area contributed by atoms with E-state index in [4.69, 9.17) is 21.0 Å². The molecule has 0 saturated heterocycles. The maximum absolute atomic E-state index is 5.71. The quantitative estimate of drug-likeness (QED) is 0.614. The molecule has 0 unspecified atom stereocenters. The van der Waals surface area contributed by atoms with Gasteiger partial charge < -0.3 is 9.39 Å². The summed E-state index contributed by atoms with van der Waals surface area (Å²) in [7, 11) is 0. The molecule has 0 fully saturated rings. The second-order valence-electron chi connectivity index (χ2n) is 4.08. The summed E-state index contributed by atoms with van der Waals surface area (Å²) < 4.78 is 11.2. The molecule has 2 heterocycles. The second-order valence-corrected chi connectivity index (χ2v) is 4.42. The molecule has 1 aromatic heterocycles. The molecule has 4 nitrogen and oxygen atoms in total. The monoisotopic (exact) mass is 260 g/mol. The van der Waals surface area contributed by atoms with Crippen LogP contribution in [0.5, 0.6) is 11.6 Å². The Balaban J connectivity index is 1.88. The van der Waals surface area contributed by atoms with Crippen molar-refractivity contribution < 1.29 is 9.39 Å². The number of rotatable bonds is 2. The first-order valence-electron chi connectivity index (χ1n) is 5.63. The topological polar surface area (TPSA) is 44.2 Å². The van der Waals surface area contributed by atoms with Crippen molar-refractivity contribution in [2.24, 2.45) is 0 Å². The Labute approximate surface area is 110 Å². The first-order chi connectivity index (χ1) is 8.72. The maximum atomic E-state index is 5.71. The van der Waals surface area contributed by atoms with Crippen molar-refractivity contribution in [2.75, 3.05) is 0 Å². The molecule has 0 bridgehead atoms. The molecule has 0 atom stereocenters. The average molecular weight is 260 g/mol. The molecule has 1 aliphatic rings. The molecular formula is C12H10BClN2O2. The highest BCUT2D eigenvalue weighted by Crippen LogP contribution is 2.22. The van der Waals surface area contributed by atoms with Gasteiger partial charge in [0.1, 0.15) is 5.75 Å². The van der Waals surface area contributed by atoms with Crippen molar-refractivity contribution in [1.82, 2.24) is 9.97 Å². The van der Waals surface area contributed by atoms with Crippen molar-refractivity contribution in [2.45, 2.75) is 13.4 Å². The van der Waals surface area contributed by atoms with Gasteiger partial charge in [-0.15, -0.1) is 0 Å². The first kappa shape index (κ1) is 11.5. The fourth-order valence-electron chi connectivity index (χ4n) is 1.95. The van der Waals surface area contributed by atoms with E-state index >= 15 is 0 Å². The number of hydrogen-bond acceptors (Lipinski definition) is 4. The summed E-state index contributed by atoms with van der Waals surface area (Å²) in [5.74, 6) is 1.15. The Morgan fingerprint density at radius 2 is 2.28 bits per heavy atom. The van der Waals surface area contributed by atoms with Crippen LogP contribution in [0.3, 0.4) is 0 Å². The van der Waals surface area contributed by atoms with Crippen LogP contribution in [0.4, 0.5) is 0 Å². The van der Waals surface area contributed by atoms with E-state index in [1.807, 2.05) is 25.0 Å². The lowest BCUT2D eigenvalue weighted by Gasteiger charge is -2.06. The minimum atomic E-state index is 0.109. The Morgan fingerprint density at radius 1 is 1.39 bits per heavy atom. The number of benzene rings is 1. The van der Waals surface area contributed by atoms with E-state index in [1.165, 1.54) is 5.56 Å². The zero-order chi connectivity index (χ0) is 12.5. The van der Waals surface area contributed by atoms with Crippen LogP contribution in [0, 0.1) is 0 Å². The Kier molecular flexibility index (Phi) is 2.93. The third-order valence-electron chi connectivity index (χ3n) is 2.87. The fraction of sp³-hybridized carbons (Fsp3) is 0.167. The molecule has 3 rings (SSSR count). The van der Waals surface area contributed by atoms with Gasteiger partial charge in [-0.05, 0) is 34.8 Å². The van der Waals surface area contributed by atoms with Crippen LogP contribution in [-0.2, 0) is 11.3 Å². The summed E-state index contributed by atoms with van der Waals surface area (Å²) in [6.45, 7) is 2.80. The van der Waals surface area contributed by atoms with Crippen LogP contribution in [0.1, 0.15) is 5.56 Å². The lowest BCUT2D eigenvalue weighted by Crippen LogP contribution is -2.24. The molecule has 0 amide bonds. The summed E-state index contributed by atoms with van der Waals surface area (Å²) >= 11 is 5.71. The number of aromatic nitrogens is 2. The van der Waals surface area contributed by atoms with Crippen LogP contribution < -0.4 is 10.2 Å². The number of nitrogens with zero attached hydrogens (tertiary/aromatic N) is 2. The molecular weight excluding hydrogens is 250 g/mol. The third-order valence-corrected chi connectivity index (χ3v) is 3.05. The minimum absolute atomic E-state index is 0.109. The summed E-state index contributed by atoms with van der Waals surface area (Å²) in [6, 6.07) is 7.55. The van der Waals surface area contributed by atoms with E-state index in [1.54, 1.807) is 12.3 Å². The molecule has 2 aromatic rings. The predicted octanol–water partition coefficient (Wildman–Crippen LogP) is 2.28. The highest BCUT2D eigenvalue weighted by atomic mass is 35.5. The number of ether oxygens (including phenoxy) is 1. The minimum Gasteiger partial charge on any atom is -0.439 e. The van der Waals surface area contributed by atoms with Crippen molar-refractivity contribution in [3.63, 3.8) is 0 Å². The molecule has 1 aliphatic heterocycles. The largest absolute Gasteiger partial charge is 0.439 e. The smallest absolute Gasteiger partial charge is 0.324 e. The highest BCUT2D eigenvalue weighted by molar-refractivity contribution is 6.67. The number of fused-ring (bicyclic) bond motifs is 1. The molecule has 0 aliphatic carbocycles. The standard InChI is InChI=1S/C12H10BClN2O2/c1-13-10-6-9(3-2-8(10)7-17-13)18-11-4-5-15-12(14)16-11/h2-6H,7H2,1H3. The summed E-state index contributed by atoms with van der Waals surface area (Å²) in [4.78, 5) is 7.79. The zero-order valence-corrected chi connectivity index (χ0v) is 10.5. The van der Waals surface area contributed by atoms with Crippen LogP contribution in [0.15, 0.2) is 30.5 Å². The molecule has 0 radical (unpaired) electrons. The average Bonchev–Trinajstić information content (AvgIpc) is 2.71. The first-order valence-corrected chi connectivity index (χ1v) is 6.01. The Morgan fingerprint density at radius 3 is 3.11 bits per heavy atom. The van der Waals surface area contributed by atoms with Gasteiger partial charge >= 0.3 is 6.92 Å². The van der Waals surface area contributed by atoms with E-state index in [9.17, 15) is 0 Å². The Bertz CT molecular complexity index is 594. The van der Waals surface area contributed by atoms with Crippen LogP contribution in [0.25, 0.3) is 0 Å². The van der Waals surface area contributed by atoms with Gasteiger partial charge in [-0.2, -0.15) is 4.98 Å². The summed E-state index contributed by atoms with van der Waals surface area (Å²) in [5, 5.41) is 0.172. The zero-order valence-electron chi connectivity index (χ0n) is 9.76. The third kappa shape index (κ3) is 2.19. The van der Waals surface area contributed by atoms with Gasteiger partial charge in [0.15, 0.2) is 0 Å². The van der Waals surface area contributed by atoms with E-state index in [0.717, 1.165) is 11.2 Å². The molecule has 90 valence electrons. The van der Waals surface area contributed by atoms with Gasteiger partial charge in [-0.3, -0.25) is 0 Å². The summed E-state index contributed by atoms with van der Waals surface area (Å²) in [6.07, 6.45) is 1.56. The predicted molar refractivity (Wildman–Crippen MR) is 69.6 cm³/mol. The van der Waals surface area contributed by atoms with E-state index in [2.05, 4.69) is 9.97 Å². The normalized spacial score (nSPS) is 13.6. The lowest BCUT2D eigenvalue weighted by molar-refractivity contribution is 0.333. The van der Waals surface area contributed by atoms with Gasteiger partial charge in [-0.25, -0.2) is 4.98 Å². The van der Waals surface area contributed by atoms with Crippen molar-refractivity contribution >= 4 is 24.0 Å². The van der Waals surface area contributed by atoms with Gasteiger partial charge in [0.2, 0.25) is 11.2 Å². The molecule has 1 aromatic carbocycles. The Hall–Kier alpha value is -1.59. The highest BCUT2D eigenvalue weighted by Gasteiger charge is 2.23. The van der Waals surface area contributed by atoms with Gasteiger partial charge in [0.05, 0.1) is 6.61 Å². The van der Waals surface area contributed by atoms with Crippen LogP contribution in [0.2, 0.25) is 12.1 Å². The van der Waals surface area contributed by atoms with E-state index in [0.29, 0.717) is 12.5 Å². The van der Waals surface area contributed by atoms with E-state index < -0.39 is 0 Å². The molecule has 6 heteroatoms. The van der Waals surface area contributed by atoms with Gasteiger partial charge in [0.25, 0.3) is 0 Å². The van der Waals surface area contributed by atoms with Gasteiger partial charge in [-0.1, -0.05) is 12.9 Å². The van der Waals surface area contributed by atoms with Crippen molar-refractivity contribution in [1.29, 1.82) is 0 Å². The van der Waals surface area contributed by atoms with Crippen molar-refractivity contribution in [3.05, 3.63) is 41.3 Å².